The molecular weight excluding hydrogens is 398 g/mol. The summed E-state index contributed by atoms with van der Waals surface area (Å²) in [7, 11) is 1.58. The van der Waals surface area contributed by atoms with Crippen LogP contribution < -0.4 is 10.6 Å². The monoisotopic (exact) mass is 435 g/mol. The molecule has 31 heavy (non-hydrogen) atoms. The highest BCUT2D eigenvalue weighted by Gasteiger charge is 2.79. The highest BCUT2D eigenvalue weighted by molar-refractivity contribution is 5.99. The number of aliphatic hydroxyl groups excluding tert-OH is 1. The maximum absolute atomic E-state index is 13.8. The molecule has 4 rings (SSSR count). The Morgan fingerprint density at radius 3 is 2.48 bits per heavy atom. The number of nitrogens with one attached hydrogen (secondary N) is 2. The second-order valence-corrected chi connectivity index (χ2v) is 9.78. The molecule has 0 aromatic rings. The van der Waals surface area contributed by atoms with E-state index in [9.17, 15) is 19.5 Å². The third-order valence-corrected chi connectivity index (χ3v) is 8.42. The number of ether oxygens (including phenoxy) is 1. The third-order valence-electron chi connectivity index (χ3n) is 8.42. The van der Waals surface area contributed by atoms with Gasteiger partial charge < -0.3 is 25.4 Å². The molecule has 8 nitrogen and oxygen atoms in total. The summed E-state index contributed by atoms with van der Waals surface area (Å²) in [5, 5.41) is 15.9. The number of hydrogen-bond acceptors (Lipinski definition) is 5. The number of aliphatic hydroxyl groups is 1. The van der Waals surface area contributed by atoms with E-state index in [2.05, 4.69) is 10.6 Å². The highest BCUT2D eigenvalue weighted by atomic mass is 16.5. The van der Waals surface area contributed by atoms with Crippen LogP contribution in [0.25, 0.3) is 0 Å². The van der Waals surface area contributed by atoms with Crippen molar-refractivity contribution in [2.75, 3.05) is 13.7 Å². The summed E-state index contributed by atoms with van der Waals surface area (Å²) in [6.07, 6.45) is 7.63. The van der Waals surface area contributed by atoms with Crippen molar-refractivity contribution in [3.63, 3.8) is 0 Å². The van der Waals surface area contributed by atoms with Gasteiger partial charge in [-0.2, -0.15) is 0 Å². The van der Waals surface area contributed by atoms with E-state index >= 15 is 0 Å². The lowest BCUT2D eigenvalue weighted by Gasteiger charge is -2.38. The van der Waals surface area contributed by atoms with Gasteiger partial charge in [0, 0.05) is 13.1 Å². The van der Waals surface area contributed by atoms with E-state index in [-0.39, 0.29) is 30.4 Å². The lowest BCUT2D eigenvalue weighted by Crippen LogP contribution is -2.59. The molecule has 8 heteroatoms. The zero-order valence-electron chi connectivity index (χ0n) is 19.0. The molecule has 0 radical (unpaired) electrons. The van der Waals surface area contributed by atoms with Crippen LogP contribution in [0.2, 0.25) is 0 Å². The number of rotatable bonds is 7. The maximum atomic E-state index is 13.8. The summed E-state index contributed by atoms with van der Waals surface area (Å²) >= 11 is 0. The summed E-state index contributed by atoms with van der Waals surface area (Å²) in [5.74, 6) is -1.93. The van der Waals surface area contributed by atoms with Crippen LogP contribution >= 0.6 is 0 Å². The van der Waals surface area contributed by atoms with Gasteiger partial charge in [0.1, 0.15) is 11.6 Å². The average Bonchev–Trinajstić information content (AvgIpc) is 3.39. The zero-order chi connectivity index (χ0) is 22.4. The van der Waals surface area contributed by atoms with Crippen LogP contribution in [0.5, 0.6) is 0 Å². The molecule has 3 aliphatic heterocycles. The first-order valence-electron chi connectivity index (χ1n) is 12.0. The van der Waals surface area contributed by atoms with Gasteiger partial charge in [0.2, 0.25) is 17.7 Å². The van der Waals surface area contributed by atoms with Crippen LogP contribution in [0.1, 0.15) is 71.6 Å². The molecule has 1 spiro atoms. The van der Waals surface area contributed by atoms with Gasteiger partial charge in [-0.15, -0.1) is 0 Å². The van der Waals surface area contributed by atoms with E-state index in [4.69, 9.17) is 4.74 Å². The standard InChI is InChI=1S/C23H37N3O5/c1-4-15(13-27)26-18(20(29)25-14-9-7-6-8-10-14)23-12-11-22(5-2,31-23)16(19(28)24-3)17(23)21(26)30/h14-18,27H,4-13H2,1-3H3,(H,24,28)(H,25,29)/t15-,16-,17-,18?,22+,23?/m0/s1. The molecule has 174 valence electrons. The Bertz CT molecular complexity index is 735. The number of carbonyl (C=O) groups is 3. The zero-order valence-corrected chi connectivity index (χ0v) is 19.0. The fraction of sp³-hybridized carbons (Fsp3) is 0.870. The van der Waals surface area contributed by atoms with Gasteiger partial charge in [0.05, 0.1) is 30.1 Å². The largest absolute Gasteiger partial charge is 0.394 e. The first-order chi connectivity index (χ1) is 14.9. The quantitative estimate of drug-likeness (QED) is 0.555. The molecule has 1 saturated carbocycles. The van der Waals surface area contributed by atoms with Crippen LogP contribution in [0.4, 0.5) is 0 Å². The summed E-state index contributed by atoms with van der Waals surface area (Å²) in [6.45, 7) is 3.66. The predicted octanol–water partition coefficient (Wildman–Crippen LogP) is 1.11. The smallest absolute Gasteiger partial charge is 0.246 e. The first kappa shape index (κ1) is 22.5. The van der Waals surface area contributed by atoms with Crippen LogP contribution in [0, 0.1) is 11.8 Å². The third kappa shape index (κ3) is 3.20. The van der Waals surface area contributed by atoms with Crippen molar-refractivity contribution in [1.82, 2.24) is 15.5 Å². The summed E-state index contributed by atoms with van der Waals surface area (Å²) in [5.41, 5.74) is -1.72. The van der Waals surface area contributed by atoms with Crippen molar-refractivity contribution in [2.45, 2.75) is 101 Å². The molecule has 6 atom stereocenters. The van der Waals surface area contributed by atoms with Gasteiger partial charge in [0.25, 0.3) is 0 Å². The van der Waals surface area contributed by atoms with Crippen LogP contribution in [0.3, 0.4) is 0 Å². The number of carbonyl (C=O) groups excluding carboxylic acids is 3. The molecule has 3 saturated heterocycles. The molecule has 4 aliphatic rings. The van der Waals surface area contributed by atoms with Gasteiger partial charge in [-0.3, -0.25) is 14.4 Å². The van der Waals surface area contributed by atoms with E-state index in [1.165, 1.54) is 6.42 Å². The molecule has 3 amide bonds. The SMILES string of the molecule is CC[C@@H](CO)N1C(=O)[C@@H]2[C@@H](C(=O)NC)[C@@]3(CC)CCC2(O3)C1C(=O)NC1CCCCC1. The minimum absolute atomic E-state index is 0.108. The van der Waals surface area contributed by atoms with Crippen LogP contribution in [0.15, 0.2) is 0 Å². The lowest BCUT2D eigenvalue weighted by atomic mass is 9.65. The normalized spacial score (nSPS) is 38.3. The second kappa shape index (κ2) is 8.35. The summed E-state index contributed by atoms with van der Waals surface area (Å²) < 4.78 is 6.65. The van der Waals surface area contributed by atoms with Crippen molar-refractivity contribution >= 4 is 17.7 Å². The average molecular weight is 436 g/mol. The number of nitrogens with zero attached hydrogens (tertiary/aromatic N) is 1. The molecule has 1 aliphatic carbocycles. The molecule has 2 unspecified atom stereocenters. The summed E-state index contributed by atoms with van der Waals surface area (Å²) in [4.78, 5) is 42.0. The van der Waals surface area contributed by atoms with Gasteiger partial charge in [-0.1, -0.05) is 33.1 Å². The van der Waals surface area contributed by atoms with Crippen molar-refractivity contribution < 1.29 is 24.2 Å². The van der Waals surface area contributed by atoms with Gasteiger partial charge in [0.15, 0.2) is 0 Å². The Morgan fingerprint density at radius 1 is 1.19 bits per heavy atom. The van der Waals surface area contributed by atoms with Gasteiger partial charge in [-0.25, -0.2) is 0 Å². The van der Waals surface area contributed by atoms with Crippen molar-refractivity contribution in [2.24, 2.45) is 11.8 Å². The minimum atomic E-state index is -1.01. The summed E-state index contributed by atoms with van der Waals surface area (Å²) in [6, 6.07) is -1.18. The van der Waals surface area contributed by atoms with Crippen molar-refractivity contribution in [3.8, 4) is 0 Å². The maximum Gasteiger partial charge on any atom is 0.246 e. The van der Waals surface area contributed by atoms with E-state index < -0.39 is 35.1 Å². The minimum Gasteiger partial charge on any atom is -0.394 e. The molecule has 4 fully saturated rings. The fourth-order valence-electron chi connectivity index (χ4n) is 6.84. The Labute approximate surface area is 184 Å². The van der Waals surface area contributed by atoms with Crippen LogP contribution in [-0.4, -0.2) is 70.7 Å². The number of amides is 3. The topological polar surface area (TPSA) is 108 Å². The van der Waals surface area contributed by atoms with E-state index in [0.717, 1.165) is 25.7 Å². The van der Waals surface area contributed by atoms with E-state index in [1.807, 2.05) is 13.8 Å². The van der Waals surface area contributed by atoms with Crippen LogP contribution in [-0.2, 0) is 19.1 Å². The molecule has 0 aromatic heterocycles. The molecule has 3 heterocycles. The van der Waals surface area contributed by atoms with E-state index in [1.54, 1.807) is 11.9 Å². The Balaban J connectivity index is 1.74. The fourth-order valence-corrected chi connectivity index (χ4v) is 6.84. The number of likely N-dealkylation sites (tertiary alicyclic amines) is 1. The lowest BCUT2D eigenvalue weighted by molar-refractivity contribution is -0.151. The number of hydrogen-bond donors (Lipinski definition) is 3. The van der Waals surface area contributed by atoms with Gasteiger partial charge in [-0.05, 0) is 38.5 Å². The van der Waals surface area contributed by atoms with E-state index in [0.29, 0.717) is 25.7 Å². The predicted molar refractivity (Wildman–Crippen MR) is 114 cm³/mol. The Morgan fingerprint density at radius 2 is 1.90 bits per heavy atom. The van der Waals surface area contributed by atoms with Crippen molar-refractivity contribution in [3.05, 3.63) is 0 Å². The van der Waals surface area contributed by atoms with Gasteiger partial charge >= 0.3 is 0 Å². The highest BCUT2D eigenvalue weighted by Crippen LogP contribution is 2.64. The molecular formula is C23H37N3O5. The Kier molecular flexibility index (Phi) is 6.07. The Hall–Kier alpha value is -1.67. The molecule has 2 bridgehead atoms. The molecule has 3 N–H and O–H groups in total. The second-order valence-electron chi connectivity index (χ2n) is 9.78. The first-order valence-corrected chi connectivity index (χ1v) is 12.0. The van der Waals surface area contributed by atoms with Crippen molar-refractivity contribution in [1.29, 1.82) is 0 Å². The molecule has 0 aromatic carbocycles. The number of fused-ring (bicyclic) bond motifs is 1.